The van der Waals surface area contributed by atoms with Crippen LogP contribution in [0, 0.1) is 0 Å². The molecule has 0 aliphatic heterocycles. The SMILES string of the molecule is CCC=CCC=CCC=C(C)CC=CCC=CCCCC(=O)OC(=O)C(C)=O. The second-order valence-electron chi connectivity index (χ2n) is 6.47. The first-order valence-corrected chi connectivity index (χ1v) is 9.98. The summed E-state index contributed by atoms with van der Waals surface area (Å²) in [7, 11) is 0. The van der Waals surface area contributed by atoms with Crippen LogP contribution >= 0.6 is 0 Å². The van der Waals surface area contributed by atoms with Gasteiger partial charge < -0.3 is 4.74 Å². The molecule has 0 radical (unpaired) electrons. The minimum atomic E-state index is -1.09. The molecule has 0 aliphatic carbocycles. The van der Waals surface area contributed by atoms with Gasteiger partial charge in [-0.05, 0) is 51.9 Å². The van der Waals surface area contributed by atoms with Crippen LogP contribution in [0.4, 0.5) is 0 Å². The van der Waals surface area contributed by atoms with Crippen molar-refractivity contribution in [2.24, 2.45) is 0 Å². The predicted molar refractivity (Wildman–Crippen MR) is 115 cm³/mol. The Morgan fingerprint density at radius 1 is 0.786 bits per heavy atom. The number of hydrogen-bond acceptors (Lipinski definition) is 4. The molecule has 0 saturated heterocycles. The van der Waals surface area contributed by atoms with Crippen LogP contribution in [0.25, 0.3) is 0 Å². The van der Waals surface area contributed by atoms with Gasteiger partial charge in [0, 0.05) is 13.3 Å². The summed E-state index contributed by atoms with van der Waals surface area (Å²) in [6.45, 7) is 5.35. The predicted octanol–water partition coefficient (Wildman–Crippen LogP) is 5.96. The van der Waals surface area contributed by atoms with Crippen LogP contribution < -0.4 is 0 Å². The van der Waals surface area contributed by atoms with Gasteiger partial charge in [-0.2, -0.15) is 0 Å². The van der Waals surface area contributed by atoms with Gasteiger partial charge >= 0.3 is 11.9 Å². The Hall–Kier alpha value is -2.49. The van der Waals surface area contributed by atoms with Crippen molar-refractivity contribution in [3.05, 3.63) is 60.3 Å². The van der Waals surface area contributed by atoms with Gasteiger partial charge in [-0.1, -0.05) is 67.2 Å². The summed E-state index contributed by atoms with van der Waals surface area (Å²) in [6, 6.07) is 0. The Bertz CT molecular complexity index is 619. The third-order valence-corrected chi connectivity index (χ3v) is 3.73. The van der Waals surface area contributed by atoms with Crippen LogP contribution in [0.3, 0.4) is 0 Å². The average Bonchev–Trinajstić information content (AvgIpc) is 2.65. The Morgan fingerprint density at radius 3 is 2.07 bits per heavy atom. The van der Waals surface area contributed by atoms with E-state index >= 15 is 0 Å². The molecule has 154 valence electrons. The van der Waals surface area contributed by atoms with Crippen LogP contribution in [0.15, 0.2) is 60.3 Å². The van der Waals surface area contributed by atoms with Crippen molar-refractivity contribution in [1.82, 2.24) is 0 Å². The van der Waals surface area contributed by atoms with Crippen molar-refractivity contribution in [3.8, 4) is 0 Å². The van der Waals surface area contributed by atoms with Crippen molar-refractivity contribution in [3.63, 3.8) is 0 Å². The third kappa shape index (κ3) is 17.0. The van der Waals surface area contributed by atoms with Gasteiger partial charge in [0.05, 0.1) is 0 Å². The number of rotatable bonds is 14. The molecule has 0 amide bonds. The number of hydrogen-bond donors (Lipinski definition) is 0. The lowest BCUT2D eigenvalue weighted by Gasteiger charge is -1.98. The van der Waals surface area contributed by atoms with Crippen LogP contribution in [-0.4, -0.2) is 17.7 Å². The molecule has 0 unspecified atom stereocenters. The average molecular weight is 387 g/mol. The molecule has 0 spiro atoms. The lowest BCUT2D eigenvalue weighted by atomic mass is 10.1. The normalized spacial score (nSPS) is 12.6. The number of allylic oxidation sites excluding steroid dienone is 10. The molecule has 28 heavy (non-hydrogen) atoms. The highest BCUT2D eigenvalue weighted by molar-refractivity contribution is 6.34. The number of ketones is 1. The standard InChI is InChI=1S/C24H34O4/c1-4-5-6-7-9-12-15-18-21(2)19-16-13-10-8-11-14-17-20-23(26)28-24(27)22(3)25/h5-6,8-9,11-13,16,18H,4,7,10,14-15,17,19-20H2,1-3H3. The smallest absolute Gasteiger partial charge is 0.381 e. The Kier molecular flexibility index (Phi) is 16.3. The monoisotopic (exact) mass is 386 g/mol. The number of unbranched alkanes of at least 4 members (excludes halogenated alkanes) is 1. The zero-order chi connectivity index (χ0) is 21.0. The highest BCUT2D eigenvalue weighted by atomic mass is 16.6. The molecule has 0 fully saturated rings. The van der Waals surface area contributed by atoms with Gasteiger partial charge in [-0.15, -0.1) is 0 Å². The van der Waals surface area contributed by atoms with Gasteiger partial charge in [-0.3, -0.25) is 9.59 Å². The molecule has 4 nitrogen and oxygen atoms in total. The van der Waals surface area contributed by atoms with Gasteiger partial charge in [0.15, 0.2) is 0 Å². The molecule has 4 heteroatoms. The molecule has 0 saturated carbocycles. The Balaban J connectivity index is 3.78. The van der Waals surface area contributed by atoms with Gasteiger partial charge in [0.2, 0.25) is 5.78 Å². The van der Waals surface area contributed by atoms with E-state index in [0.717, 1.165) is 45.4 Å². The minimum Gasteiger partial charge on any atom is -0.387 e. The van der Waals surface area contributed by atoms with E-state index in [9.17, 15) is 14.4 Å². The molecule has 0 aromatic rings. The fourth-order valence-electron chi connectivity index (χ4n) is 2.14. The van der Waals surface area contributed by atoms with Crippen molar-refractivity contribution in [1.29, 1.82) is 0 Å². The number of carbonyl (C=O) groups is 3. The van der Waals surface area contributed by atoms with E-state index in [1.54, 1.807) is 0 Å². The molecule has 0 bridgehead atoms. The van der Waals surface area contributed by atoms with Crippen LogP contribution in [0.1, 0.15) is 72.1 Å². The first-order chi connectivity index (χ1) is 13.5. The zero-order valence-corrected chi connectivity index (χ0v) is 17.5. The number of esters is 2. The largest absolute Gasteiger partial charge is 0.387 e. The van der Waals surface area contributed by atoms with Gasteiger partial charge in [0.25, 0.3) is 0 Å². The van der Waals surface area contributed by atoms with Gasteiger partial charge in [0.1, 0.15) is 0 Å². The summed E-state index contributed by atoms with van der Waals surface area (Å²) in [5.41, 5.74) is 1.35. The lowest BCUT2D eigenvalue weighted by Crippen LogP contribution is -2.18. The fraction of sp³-hybridized carbons (Fsp3) is 0.458. The highest BCUT2D eigenvalue weighted by Gasteiger charge is 2.13. The maximum absolute atomic E-state index is 11.3. The van der Waals surface area contributed by atoms with Crippen molar-refractivity contribution in [2.75, 3.05) is 0 Å². The summed E-state index contributed by atoms with van der Waals surface area (Å²) >= 11 is 0. The maximum atomic E-state index is 11.3. The quantitative estimate of drug-likeness (QED) is 0.122. The van der Waals surface area contributed by atoms with E-state index in [1.807, 2.05) is 12.2 Å². The summed E-state index contributed by atoms with van der Waals surface area (Å²) < 4.78 is 4.38. The second kappa shape index (κ2) is 17.9. The summed E-state index contributed by atoms with van der Waals surface area (Å²) in [6.07, 6.45) is 25.7. The summed E-state index contributed by atoms with van der Waals surface area (Å²) in [4.78, 5) is 32.9. The van der Waals surface area contributed by atoms with Crippen LogP contribution in [0.2, 0.25) is 0 Å². The third-order valence-electron chi connectivity index (χ3n) is 3.73. The molecule has 0 aromatic carbocycles. The Labute approximate surface area is 169 Å². The first-order valence-electron chi connectivity index (χ1n) is 9.98. The van der Waals surface area contributed by atoms with Crippen LogP contribution in [-0.2, 0) is 19.1 Å². The van der Waals surface area contributed by atoms with E-state index in [0.29, 0.717) is 6.42 Å². The van der Waals surface area contributed by atoms with Gasteiger partial charge in [-0.25, -0.2) is 4.79 Å². The number of Topliss-reactive ketones (excluding diaryl/α,β-unsaturated/α-hetero) is 1. The molecule has 0 aliphatic rings. The van der Waals surface area contributed by atoms with E-state index in [-0.39, 0.29) is 6.42 Å². The van der Waals surface area contributed by atoms with Crippen molar-refractivity contribution >= 4 is 17.7 Å². The number of ether oxygens (including phenoxy) is 1. The fourth-order valence-corrected chi connectivity index (χ4v) is 2.14. The maximum Gasteiger partial charge on any atom is 0.381 e. The van der Waals surface area contributed by atoms with E-state index < -0.39 is 17.7 Å². The van der Waals surface area contributed by atoms with Crippen molar-refractivity contribution < 1.29 is 19.1 Å². The molecule has 0 rings (SSSR count). The topological polar surface area (TPSA) is 60.4 Å². The summed E-state index contributed by atoms with van der Waals surface area (Å²) in [5.74, 6) is -2.50. The van der Waals surface area contributed by atoms with E-state index in [1.165, 1.54) is 5.57 Å². The second-order valence-corrected chi connectivity index (χ2v) is 6.47. The van der Waals surface area contributed by atoms with Crippen molar-refractivity contribution in [2.45, 2.75) is 72.1 Å². The van der Waals surface area contributed by atoms with Crippen LogP contribution in [0.5, 0.6) is 0 Å². The molecule has 0 atom stereocenters. The number of carbonyl (C=O) groups excluding carboxylic acids is 3. The Morgan fingerprint density at radius 2 is 1.39 bits per heavy atom. The zero-order valence-electron chi connectivity index (χ0n) is 17.5. The molecular weight excluding hydrogens is 352 g/mol. The summed E-state index contributed by atoms with van der Waals surface area (Å²) in [5, 5.41) is 0. The minimum absolute atomic E-state index is 0.131. The van der Waals surface area contributed by atoms with E-state index in [2.05, 4.69) is 61.1 Å². The first kappa shape index (κ1) is 25.5. The molecule has 0 aromatic heterocycles. The molecular formula is C24H34O4. The van der Waals surface area contributed by atoms with E-state index in [4.69, 9.17) is 0 Å². The highest BCUT2D eigenvalue weighted by Crippen LogP contribution is 2.05. The lowest BCUT2D eigenvalue weighted by molar-refractivity contribution is -0.163. The molecule has 0 N–H and O–H groups in total. The molecule has 0 heterocycles.